The molecule has 2 nitrogen and oxygen atoms in total. The van der Waals surface area contributed by atoms with E-state index in [1.54, 1.807) is 0 Å². The molecule has 0 atom stereocenters. The van der Waals surface area contributed by atoms with Gasteiger partial charge in [0.1, 0.15) is 0 Å². The second-order valence-corrected chi connectivity index (χ2v) is 12.6. The summed E-state index contributed by atoms with van der Waals surface area (Å²) in [5, 5.41) is 0. The van der Waals surface area contributed by atoms with Crippen molar-refractivity contribution in [2.45, 2.75) is 32.1 Å². The van der Waals surface area contributed by atoms with E-state index in [1.165, 1.54) is 50.3 Å². The standard InChI is InChI=1S/C47H42N2/c1-7-20-38(21-8-1)34-48(35-39-22-9-2-10-23-39)45-33-19-32-44(46(42-28-15-5-16-29-42)43-30-17-6-18-31-43)47(45)49(36-40-24-11-3-12-25-40)37-41-26-13-4-14-27-41/h1-33,46H,34-37H2. The summed E-state index contributed by atoms with van der Waals surface area (Å²) in [6.45, 7) is 3.14. The third-order valence-electron chi connectivity index (χ3n) is 9.14. The molecule has 7 aromatic carbocycles. The molecule has 0 saturated heterocycles. The molecular weight excluding hydrogens is 593 g/mol. The van der Waals surface area contributed by atoms with Gasteiger partial charge in [-0.1, -0.05) is 194 Å². The van der Waals surface area contributed by atoms with E-state index in [9.17, 15) is 0 Å². The fraction of sp³-hybridized carbons (Fsp3) is 0.106. The van der Waals surface area contributed by atoms with Gasteiger partial charge in [-0.05, 0) is 45.0 Å². The molecule has 2 heteroatoms. The predicted octanol–water partition coefficient (Wildman–Crippen LogP) is 11.3. The highest BCUT2D eigenvalue weighted by Gasteiger charge is 2.27. The summed E-state index contributed by atoms with van der Waals surface area (Å²) in [4.78, 5) is 5.18. The number of hydrogen-bond donors (Lipinski definition) is 0. The molecule has 0 spiro atoms. The van der Waals surface area contributed by atoms with Crippen molar-refractivity contribution in [1.82, 2.24) is 0 Å². The highest BCUT2D eigenvalue weighted by molar-refractivity contribution is 5.77. The topological polar surface area (TPSA) is 6.48 Å². The molecule has 0 aliphatic rings. The van der Waals surface area contributed by atoms with Crippen LogP contribution in [0.1, 0.15) is 44.9 Å². The number of benzene rings is 7. The van der Waals surface area contributed by atoms with Crippen LogP contribution in [0.3, 0.4) is 0 Å². The maximum atomic E-state index is 2.61. The van der Waals surface area contributed by atoms with Crippen LogP contribution in [0.2, 0.25) is 0 Å². The number of rotatable bonds is 13. The molecule has 0 bridgehead atoms. The van der Waals surface area contributed by atoms with Crippen LogP contribution in [0.15, 0.2) is 200 Å². The van der Waals surface area contributed by atoms with Gasteiger partial charge in [0.25, 0.3) is 0 Å². The molecule has 49 heavy (non-hydrogen) atoms. The first kappa shape index (κ1) is 31.7. The fourth-order valence-corrected chi connectivity index (χ4v) is 6.88. The van der Waals surface area contributed by atoms with Crippen LogP contribution in [-0.4, -0.2) is 0 Å². The summed E-state index contributed by atoms with van der Waals surface area (Å²) in [5.74, 6) is 0.0432. The van der Waals surface area contributed by atoms with Crippen LogP contribution in [0.5, 0.6) is 0 Å². The summed E-state index contributed by atoms with van der Waals surface area (Å²) in [7, 11) is 0. The quantitative estimate of drug-likeness (QED) is 0.116. The van der Waals surface area contributed by atoms with Gasteiger partial charge in [-0.15, -0.1) is 0 Å². The Labute approximate surface area is 291 Å². The highest BCUT2D eigenvalue weighted by Crippen LogP contribution is 2.44. The Kier molecular flexibility index (Phi) is 10.2. The second-order valence-electron chi connectivity index (χ2n) is 12.6. The van der Waals surface area contributed by atoms with Gasteiger partial charge in [0.2, 0.25) is 0 Å². The number of nitrogens with zero attached hydrogens (tertiary/aromatic N) is 2. The third kappa shape index (κ3) is 8.00. The largest absolute Gasteiger partial charge is 0.361 e. The smallest absolute Gasteiger partial charge is 0.0652 e. The molecule has 0 amide bonds. The minimum absolute atomic E-state index is 0.0432. The maximum Gasteiger partial charge on any atom is 0.0652 e. The average Bonchev–Trinajstić information content (AvgIpc) is 3.17. The van der Waals surface area contributed by atoms with Crippen LogP contribution < -0.4 is 9.80 Å². The lowest BCUT2D eigenvalue weighted by Gasteiger charge is -2.36. The van der Waals surface area contributed by atoms with Crippen molar-refractivity contribution in [3.8, 4) is 0 Å². The molecule has 240 valence electrons. The van der Waals surface area contributed by atoms with E-state index in [2.05, 4.69) is 210 Å². The fourth-order valence-electron chi connectivity index (χ4n) is 6.88. The van der Waals surface area contributed by atoms with Gasteiger partial charge in [-0.3, -0.25) is 0 Å². The van der Waals surface area contributed by atoms with Gasteiger partial charge in [0.05, 0.1) is 11.4 Å². The maximum absolute atomic E-state index is 2.61. The minimum Gasteiger partial charge on any atom is -0.361 e. The Morgan fingerprint density at radius 3 is 1.00 bits per heavy atom. The normalized spacial score (nSPS) is 11.0. The Hall–Kier alpha value is -5.86. The Balaban J connectivity index is 1.47. The number of anilines is 2. The van der Waals surface area contributed by atoms with Crippen molar-refractivity contribution < 1.29 is 0 Å². The Morgan fingerprint density at radius 2 is 0.633 bits per heavy atom. The number of para-hydroxylation sites is 1. The van der Waals surface area contributed by atoms with E-state index in [0.717, 1.165) is 26.2 Å². The van der Waals surface area contributed by atoms with Crippen LogP contribution in [-0.2, 0) is 26.2 Å². The third-order valence-corrected chi connectivity index (χ3v) is 9.14. The lowest BCUT2D eigenvalue weighted by molar-refractivity contribution is 0.760. The monoisotopic (exact) mass is 634 g/mol. The number of hydrogen-bond acceptors (Lipinski definition) is 2. The summed E-state index contributed by atoms with van der Waals surface area (Å²) in [6, 6.07) is 72.5. The van der Waals surface area contributed by atoms with Crippen LogP contribution in [0.25, 0.3) is 0 Å². The van der Waals surface area contributed by atoms with Gasteiger partial charge in [-0.2, -0.15) is 0 Å². The van der Waals surface area contributed by atoms with Crippen molar-refractivity contribution in [3.63, 3.8) is 0 Å². The molecule has 0 aliphatic carbocycles. The first-order chi connectivity index (χ1) is 24.3. The van der Waals surface area contributed by atoms with E-state index >= 15 is 0 Å². The molecular formula is C47H42N2. The molecule has 0 saturated carbocycles. The predicted molar refractivity (Wildman–Crippen MR) is 206 cm³/mol. The van der Waals surface area contributed by atoms with E-state index in [4.69, 9.17) is 0 Å². The van der Waals surface area contributed by atoms with Crippen molar-refractivity contribution in [2.24, 2.45) is 0 Å². The zero-order valence-corrected chi connectivity index (χ0v) is 27.9. The van der Waals surface area contributed by atoms with E-state index in [-0.39, 0.29) is 5.92 Å². The first-order valence-corrected chi connectivity index (χ1v) is 17.2. The van der Waals surface area contributed by atoms with Crippen molar-refractivity contribution in [1.29, 1.82) is 0 Å². The van der Waals surface area contributed by atoms with Gasteiger partial charge >= 0.3 is 0 Å². The zero-order valence-electron chi connectivity index (χ0n) is 27.9. The van der Waals surface area contributed by atoms with E-state index in [0.29, 0.717) is 0 Å². The van der Waals surface area contributed by atoms with E-state index < -0.39 is 0 Å². The Morgan fingerprint density at radius 1 is 0.306 bits per heavy atom. The molecule has 0 fully saturated rings. The van der Waals surface area contributed by atoms with Crippen molar-refractivity contribution in [3.05, 3.63) is 239 Å². The molecule has 0 radical (unpaired) electrons. The lowest BCUT2D eigenvalue weighted by Crippen LogP contribution is -2.29. The summed E-state index contributed by atoms with van der Waals surface area (Å²) in [5.41, 5.74) is 11.5. The summed E-state index contributed by atoms with van der Waals surface area (Å²) < 4.78 is 0. The van der Waals surface area contributed by atoms with E-state index in [1.807, 2.05) is 0 Å². The molecule has 0 aromatic heterocycles. The average molecular weight is 635 g/mol. The van der Waals surface area contributed by atoms with Gasteiger partial charge in [0, 0.05) is 32.1 Å². The molecule has 0 unspecified atom stereocenters. The van der Waals surface area contributed by atoms with Crippen LogP contribution in [0, 0.1) is 0 Å². The van der Waals surface area contributed by atoms with Gasteiger partial charge < -0.3 is 9.80 Å². The molecule has 0 heterocycles. The molecule has 0 aliphatic heterocycles. The SMILES string of the molecule is c1ccc(CN(Cc2ccccc2)c2cccc(C(c3ccccc3)c3ccccc3)c2N(Cc2ccccc2)Cc2ccccc2)cc1. The molecule has 0 N–H and O–H groups in total. The summed E-state index contributed by atoms with van der Waals surface area (Å²) >= 11 is 0. The zero-order chi connectivity index (χ0) is 33.1. The summed E-state index contributed by atoms with van der Waals surface area (Å²) in [6.07, 6.45) is 0. The van der Waals surface area contributed by atoms with Crippen LogP contribution in [0.4, 0.5) is 11.4 Å². The van der Waals surface area contributed by atoms with Gasteiger partial charge in [-0.25, -0.2) is 0 Å². The molecule has 7 aromatic rings. The minimum atomic E-state index is 0.0432. The second kappa shape index (κ2) is 15.8. The highest BCUT2D eigenvalue weighted by atomic mass is 15.2. The van der Waals surface area contributed by atoms with Crippen molar-refractivity contribution in [2.75, 3.05) is 9.80 Å². The lowest BCUT2D eigenvalue weighted by atomic mass is 9.83. The van der Waals surface area contributed by atoms with Crippen LogP contribution >= 0.6 is 0 Å². The Bertz CT molecular complexity index is 1870. The molecule has 7 rings (SSSR count). The first-order valence-electron chi connectivity index (χ1n) is 17.2. The van der Waals surface area contributed by atoms with Crippen molar-refractivity contribution >= 4 is 11.4 Å². The van der Waals surface area contributed by atoms with Gasteiger partial charge in [0.15, 0.2) is 0 Å².